The molecular formula is C9H10O3. The van der Waals surface area contributed by atoms with Crippen LogP contribution in [0.2, 0.25) is 0 Å². The van der Waals surface area contributed by atoms with Gasteiger partial charge >= 0.3 is 5.97 Å². The van der Waals surface area contributed by atoms with E-state index in [4.69, 9.17) is 10.2 Å². The van der Waals surface area contributed by atoms with Gasteiger partial charge in [-0.2, -0.15) is 0 Å². The van der Waals surface area contributed by atoms with Crippen molar-refractivity contribution in [3.05, 3.63) is 48.8 Å². The highest BCUT2D eigenvalue weighted by Gasteiger charge is 2.01. The molecule has 2 N–H and O–H groups in total. The molecule has 12 heavy (non-hydrogen) atoms. The number of carboxylic acid groups (broad SMARTS) is 1. The van der Waals surface area contributed by atoms with E-state index in [1.54, 1.807) is 0 Å². The van der Waals surface area contributed by atoms with Crippen molar-refractivity contribution in [2.24, 2.45) is 0 Å². The van der Waals surface area contributed by atoms with Crippen LogP contribution in [0.15, 0.2) is 48.8 Å². The van der Waals surface area contributed by atoms with Crippen molar-refractivity contribution in [3.63, 3.8) is 0 Å². The van der Waals surface area contributed by atoms with Gasteiger partial charge in [0.1, 0.15) is 5.76 Å². The smallest absolute Gasteiger partial charge is 0.335 e. The van der Waals surface area contributed by atoms with Crippen molar-refractivity contribution in [3.8, 4) is 0 Å². The van der Waals surface area contributed by atoms with Gasteiger partial charge in [-0.05, 0) is 12.2 Å². The second kappa shape index (κ2) is 4.96. The van der Waals surface area contributed by atoms with Crippen LogP contribution in [0.5, 0.6) is 0 Å². The lowest BCUT2D eigenvalue weighted by molar-refractivity contribution is -0.132. The molecule has 0 heterocycles. The number of hydrogen-bond donors (Lipinski definition) is 2. The normalized spacial score (nSPS) is 12.3. The van der Waals surface area contributed by atoms with E-state index in [1.807, 2.05) is 0 Å². The molecule has 0 aliphatic heterocycles. The summed E-state index contributed by atoms with van der Waals surface area (Å²) in [6.45, 7) is 6.62. The lowest BCUT2D eigenvalue weighted by Gasteiger charge is -1.93. The maximum Gasteiger partial charge on any atom is 0.335 e. The molecule has 0 aliphatic carbocycles. The summed E-state index contributed by atoms with van der Waals surface area (Å²) in [6.07, 6.45) is 4.88. The van der Waals surface area contributed by atoms with E-state index in [1.165, 1.54) is 12.2 Å². The number of aliphatic hydroxyl groups is 1. The third-order valence-electron chi connectivity index (χ3n) is 1.06. The summed E-state index contributed by atoms with van der Waals surface area (Å²) in [5, 5.41) is 17.5. The van der Waals surface area contributed by atoms with Crippen molar-refractivity contribution in [1.29, 1.82) is 0 Å². The van der Waals surface area contributed by atoms with E-state index < -0.39 is 5.97 Å². The largest absolute Gasteiger partial charge is 0.508 e. The zero-order valence-electron chi connectivity index (χ0n) is 6.53. The zero-order valence-corrected chi connectivity index (χ0v) is 6.53. The number of aliphatic carboxylic acids is 1. The Labute approximate surface area is 70.7 Å². The van der Waals surface area contributed by atoms with Crippen LogP contribution >= 0.6 is 0 Å². The number of rotatable bonds is 4. The second-order valence-electron chi connectivity index (χ2n) is 1.94. The summed E-state index contributed by atoms with van der Waals surface area (Å²) < 4.78 is 0. The van der Waals surface area contributed by atoms with Crippen LogP contribution in [-0.4, -0.2) is 16.2 Å². The minimum absolute atomic E-state index is 0.0643. The lowest BCUT2D eigenvalue weighted by atomic mass is 10.2. The molecule has 0 aromatic heterocycles. The van der Waals surface area contributed by atoms with Gasteiger partial charge in [0.15, 0.2) is 0 Å². The molecule has 0 rings (SSSR count). The van der Waals surface area contributed by atoms with E-state index in [9.17, 15) is 4.79 Å². The lowest BCUT2D eigenvalue weighted by Crippen LogP contribution is -1.97. The van der Waals surface area contributed by atoms with Crippen LogP contribution in [-0.2, 0) is 4.79 Å². The highest BCUT2D eigenvalue weighted by Crippen LogP contribution is 2.01. The fraction of sp³-hybridized carbons (Fsp3) is 0. The molecule has 0 radical (unpaired) electrons. The summed E-state index contributed by atoms with van der Waals surface area (Å²) in [7, 11) is 0. The Morgan fingerprint density at radius 2 is 1.83 bits per heavy atom. The van der Waals surface area contributed by atoms with Crippen LogP contribution in [0.4, 0.5) is 0 Å². The molecule has 0 bridgehead atoms. The molecule has 0 aromatic rings. The number of carboxylic acids is 1. The van der Waals surface area contributed by atoms with Crippen molar-refractivity contribution in [2.45, 2.75) is 0 Å². The monoisotopic (exact) mass is 166 g/mol. The Morgan fingerprint density at radius 1 is 1.25 bits per heavy atom. The molecule has 0 unspecified atom stereocenters. The summed E-state index contributed by atoms with van der Waals surface area (Å²) in [5.41, 5.74) is -0.0643. The molecule has 64 valence electrons. The number of allylic oxidation sites excluding steroid dienone is 3. The second-order valence-corrected chi connectivity index (χ2v) is 1.94. The van der Waals surface area contributed by atoms with E-state index in [0.29, 0.717) is 0 Å². The van der Waals surface area contributed by atoms with Gasteiger partial charge in [-0.3, -0.25) is 0 Å². The van der Waals surface area contributed by atoms with Crippen LogP contribution in [0.25, 0.3) is 0 Å². The Balaban J connectivity index is 4.71. The van der Waals surface area contributed by atoms with Gasteiger partial charge in [-0.25, -0.2) is 4.79 Å². The van der Waals surface area contributed by atoms with E-state index in [-0.39, 0.29) is 11.3 Å². The van der Waals surface area contributed by atoms with Crippen LogP contribution < -0.4 is 0 Å². The maximum atomic E-state index is 10.4. The first-order valence-corrected chi connectivity index (χ1v) is 3.21. The summed E-state index contributed by atoms with van der Waals surface area (Å²) in [4.78, 5) is 10.4. The summed E-state index contributed by atoms with van der Waals surface area (Å²) in [6, 6.07) is 0. The molecule has 0 aromatic carbocycles. The molecule has 0 saturated heterocycles. The minimum atomic E-state index is -1.13. The third-order valence-corrected chi connectivity index (χ3v) is 1.06. The van der Waals surface area contributed by atoms with E-state index in [0.717, 1.165) is 12.2 Å². The Kier molecular flexibility index (Phi) is 4.23. The summed E-state index contributed by atoms with van der Waals surface area (Å²) >= 11 is 0. The molecule has 0 amide bonds. The van der Waals surface area contributed by atoms with Crippen molar-refractivity contribution >= 4 is 5.97 Å². The Morgan fingerprint density at radius 3 is 2.17 bits per heavy atom. The zero-order chi connectivity index (χ0) is 9.56. The van der Waals surface area contributed by atoms with Gasteiger partial charge in [-0.15, -0.1) is 0 Å². The van der Waals surface area contributed by atoms with Gasteiger partial charge in [0.05, 0.1) is 5.57 Å². The Bertz CT molecular complexity index is 259. The number of aliphatic hydroxyl groups excluding tert-OH is 1. The fourth-order valence-corrected chi connectivity index (χ4v) is 0.536. The average molecular weight is 166 g/mol. The third kappa shape index (κ3) is 3.41. The van der Waals surface area contributed by atoms with Gasteiger partial charge in [-0.1, -0.05) is 25.3 Å². The average Bonchev–Trinajstić information content (AvgIpc) is 2.00. The maximum absolute atomic E-state index is 10.4. The van der Waals surface area contributed by atoms with Gasteiger partial charge < -0.3 is 10.2 Å². The van der Waals surface area contributed by atoms with Gasteiger partial charge in [0.25, 0.3) is 0 Å². The van der Waals surface area contributed by atoms with Crippen LogP contribution in [0.3, 0.4) is 0 Å². The van der Waals surface area contributed by atoms with Crippen LogP contribution in [0.1, 0.15) is 0 Å². The molecule has 3 nitrogen and oxygen atoms in total. The standard InChI is InChI=1S/C9H10O3/c1-3-5-8(10)6-7(4-2)9(11)12/h3-6,10H,1-2H2,(H,11,12)/b7-6+,8-5+. The minimum Gasteiger partial charge on any atom is -0.508 e. The summed E-state index contributed by atoms with van der Waals surface area (Å²) in [5.74, 6) is -1.30. The SMILES string of the molecule is C=C/C=C(O)\C=C(/C=C)C(=O)O. The number of hydrogen-bond acceptors (Lipinski definition) is 2. The predicted octanol–water partition coefficient (Wildman–Crippen LogP) is 1.81. The molecule has 0 aliphatic rings. The van der Waals surface area contributed by atoms with Crippen molar-refractivity contribution in [2.75, 3.05) is 0 Å². The molecule has 0 fully saturated rings. The van der Waals surface area contributed by atoms with E-state index in [2.05, 4.69) is 13.2 Å². The predicted molar refractivity (Wildman–Crippen MR) is 46.8 cm³/mol. The van der Waals surface area contributed by atoms with Gasteiger partial charge in [0, 0.05) is 0 Å². The highest BCUT2D eigenvalue weighted by atomic mass is 16.4. The Hall–Kier alpha value is -1.77. The fourth-order valence-electron chi connectivity index (χ4n) is 0.536. The van der Waals surface area contributed by atoms with Crippen LogP contribution in [0, 0.1) is 0 Å². The molecular weight excluding hydrogens is 156 g/mol. The van der Waals surface area contributed by atoms with Gasteiger partial charge in [0.2, 0.25) is 0 Å². The molecule has 0 saturated carbocycles. The van der Waals surface area contributed by atoms with Crippen molar-refractivity contribution < 1.29 is 15.0 Å². The van der Waals surface area contributed by atoms with Crippen molar-refractivity contribution in [1.82, 2.24) is 0 Å². The quantitative estimate of drug-likeness (QED) is 0.380. The first-order chi connectivity index (χ1) is 5.61. The van der Waals surface area contributed by atoms with E-state index >= 15 is 0 Å². The first kappa shape index (κ1) is 10.2. The highest BCUT2D eigenvalue weighted by molar-refractivity contribution is 5.90. The molecule has 3 heteroatoms. The topological polar surface area (TPSA) is 57.5 Å². The first-order valence-electron chi connectivity index (χ1n) is 3.21. The molecule has 0 spiro atoms. The molecule has 0 atom stereocenters. The number of carbonyl (C=O) groups is 1.